The van der Waals surface area contributed by atoms with Crippen LogP contribution in [-0.4, -0.2) is 29.1 Å². The number of amides is 1. The van der Waals surface area contributed by atoms with Gasteiger partial charge in [0, 0.05) is 34.1 Å². The summed E-state index contributed by atoms with van der Waals surface area (Å²) in [4.78, 5) is 32.2. The normalized spacial score (nSPS) is 15.7. The molecule has 1 aliphatic heterocycles. The molecule has 1 unspecified atom stereocenters. The summed E-state index contributed by atoms with van der Waals surface area (Å²) < 4.78 is 5.28. The highest BCUT2D eigenvalue weighted by atomic mass is 35.5. The van der Waals surface area contributed by atoms with Gasteiger partial charge < -0.3 is 15.4 Å². The molecule has 2 heterocycles. The van der Waals surface area contributed by atoms with Crippen molar-refractivity contribution in [1.29, 1.82) is 0 Å². The monoisotopic (exact) mass is 424 g/mol. The van der Waals surface area contributed by atoms with Crippen LogP contribution in [0.1, 0.15) is 12.0 Å². The molecule has 154 valence electrons. The van der Waals surface area contributed by atoms with Crippen molar-refractivity contribution in [2.75, 3.05) is 23.8 Å². The Morgan fingerprint density at radius 3 is 2.73 bits per heavy atom. The summed E-state index contributed by atoms with van der Waals surface area (Å²) in [5.41, 5.74) is 2.92. The number of aromatic amines is 1. The maximum atomic E-state index is 12.5. The molecule has 1 aromatic heterocycles. The number of nitrogens with one attached hydrogen (secondary N) is 3. The van der Waals surface area contributed by atoms with Crippen molar-refractivity contribution >= 4 is 34.8 Å². The molecule has 1 aliphatic rings. The quantitative estimate of drug-likeness (QED) is 0.572. The number of carbonyl (C=O) groups excluding carboxylic acids is 1. The lowest BCUT2D eigenvalue weighted by molar-refractivity contribution is -0.119. The van der Waals surface area contributed by atoms with Crippen molar-refractivity contribution in [3.8, 4) is 11.3 Å². The van der Waals surface area contributed by atoms with Crippen molar-refractivity contribution in [1.82, 2.24) is 9.97 Å². The van der Waals surface area contributed by atoms with Crippen LogP contribution in [0.5, 0.6) is 0 Å². The van der Waals surface area contributed by atoms with Crippen LogP contribution in [-0.2, 0) is 9.53 Å². The first-order valence-corrected chi connectivity index (χ1v) is 10.00. The molecular formula is C22H21ClN4O3. The molecule has 8 heteroatoms. The average molecular weight is 425 g/mol. The van der Waals surface area contributed by atoms with Crippen LogP contribution in [0, 0.1) is 12.8 Å². The topological polar surface area (TPSA) is 96.1 Å². The fraction of sp³-hybridized carbons (Fsp3) is 0.227. The Hall–Kier alpha value is -3.16. The minimum atomic E-state index is -0.242. The highest BCUT2D eigenvalue weighted by molar-refractivity contribution is 6.30. The minimum Gasteiger partial charge on any atom is -0.381 e. The molecule has 3 N–H and O–H groups in total. The van der Waals surface area contributed by atoms with Gasteiger partial charge in [-0.15, -0.1) is 0 Å². The lowest BCUT2D eigenvalue weighted by Gasteiger charge is -2.12. The molecule has 0 spiro atoms. The van der Waals surface area contributed by atoms with E-state index in [9.17, 15) is 9.59 Å². The molecule has 2 aromatic carbocycles. The first-order chi connectivity index (χ1) is 14.5. The van der Waals surface area contributed by atoms with Gasteiger partial charge in [0.15, 0.2) is 0 Å². The lowest BCUT2D eigenvalue weighted by atomic mass is 10.1. The molecule has 1 saturated heterocycles. The van der Waals surface area contributed by atoms with E-state index in [2.05, 4.69) is 20.6 Å². The van der Waals surface area contributed by atoms with Gasteiger partial charge in [0.25, 0.3) is 5.56 Å². The Bertz CT molecular complexity index is 1120. The Labute approximate surface area is 178 Å². The maximum Gasteiger partial charge on any atom is 0.255 e. The lowest BCUT2D eigenvalue weighted by Crippen LogP contribution is -2.22. The number of benzene rings is 2. The number of anilines is 3. The Kier molecular flexibility index (Phi) is 5.83. The van der Waals surface area contributed by atoms with E-state index in [1.54, 1.807) is 31.2 Å². The minimum absolute atomic E-state index is 0.0645. The first-order valence-electron chi connectivity index (χ1n) is 9.62. The van der Waals surface area contributed by atoms with Crippen LogP contribution < -0.4 is 16.2 Å². The molecule has 4 rings (SSSR count). The van der Waals surface area contributed by atoms with Crippen LogP contribution >= 0.6 is 11.6 Å². The molecule has 0 saturated carbocycles. The Morgan fingerprint density at radius 1 is 1.20 bits per heavy atom. The zero-order chi connectivity index (χ0) is 21.1. The summed E-state index contributed by atoms with van der Waals surface area (Å²) >= 11 is 5.92. The molecule has 7 nitrogen and oxygen atoms in total. The number of carbonyl (C=O) groups is 1. The number of H-pyrrole nitrogens is 1. The van der Waals surface area contributed by atoms with Crippen molar-refractivity contribution in [2.24, 2.45) is 5.92 Å². The van der Waals surface area contributed by atoms with E-state index >= 15 is 0 Å². The second-order valence-corrected chi connectivity index (χ2v) is 7.59. The van der Waals surface area contributed by atoms with Gasteiger partial charge in [0.1, 0.15) is 0 Å². The second-order valence-electron chi connectivity index (χ2n) is 7.15. The fourth-order valence-corrected chi connectivity index (χ4v) is 3.40. The zero-order valence-corrected chi connectivity index (χ0v) is 17.1. The summed E-state index contributed by atoms with van der Waals surface area (Å²) in [6.45, 7) is 2.77. The SMILES string of the molecule is Cc1c(-c2cccc(NC(=O)C3CCOC3)c2)nc(Nc2ccc(Cl)cc2)[nH]c1=O. The molecule has 3 aromatic rings. The van der Waals surface area contributed by atoms with Crippen molar-refractivity contribution in [3.05, 3.63) is 69.5 Å². The van der Waals surface area contributed by atoms with E-state index in [4.69, 9.17) is 16.3 Å². The highest BCUT2D eigenvalue weighted by Crippen LogP contribution is 2.25. The third-order valence-corrected chi connectivity index (χ3v) is 5.21. The molecule has 30 heavy (non-hydrogen) atoms. The summed E-state index contributed by atoms with van der Waals surface area (Å²) in [6.07, 6.45) is 0.722. The number of aromatic nitrogens is 2. The summed E-state index contributed by atoms with van der Waals surface area (Å²) in [7, 11) is 0. The molecule has 1 atom stereocenters. The Morgan fingerprint density at radius 2 is 2.00 bits per heavy atom. The smallest absolute Gasteiger partial charge is 0.255 e. The standard InChI is InChI=1S/C22H21ClN4O3/c1-13-19(26-22(27-20(13)28)25-17-7-5-16(23)6-8-17)14-3-2-4-18(11-14)24-21(29)15-9-10-30-12-15/h2-8,11,15H,9-10,12H2,1H3,(H,24,29)(H2,25,26,27,28). The van der Waals surface area contributed by atoms with Gasteiger partial charge in [0.05, 0.1) is 18.2 Å². The third kappa shape index (κ3) is 4.53. The number of ether oxygens (including phenoxy) is 1. The van der Waals surface area contributed by atoms with Crippen LogP contribution in [0.4, 0.5) is 17.3 Å². The summed E-state index contributed by atoms with van der Waals surface area (Å²) in [5, 5.41) is 6.63. The molecule has 0 radical (unpaired) electrons. The Balaban J connectivity index is 1.61. The van der Waals surface area contributed by atoms with Gasteiger partial charge in [-0.25, -0.2) is 4.98 Å². The highest BCUT2D eigenvalue weighted by Gasteiger charge is 2.23. The van der Waals surface area contributed by atoms with Gasteiger partial charge >= 0.3 is 0 Å². The number of halogens is 1. The number of rotatable bonds is 5. The maximum absolute atomic E-state index is 12.5. The molecule has 0 bridgehead atoms. The zero-order valence-electron chi connectivity index (χ0n) is 16.4. The molecule has 1 amide bonds. The third-order valence-electron chi connectivity index (χ3n) is 4.96. The van der Waals surface area contributed by atoms with E-state index in [-0.39, 0.29) is 17.4 Å². The number of hydrogen-bond donors (Lipinski definition) is 3. The largest absolute Gasteiger partial charge is 0.381 e. The molecule has 1 fully saturated rings. The van der Waals surface area contributed by atoms with E-state index in [1.165, 1.54) is 0 Å². The van der Waals surface area contributed by atoms with Gasteiger partial charge in [-0.1, -0.05) is 23.7 Å². The van der Waals surface area contributed by atoms with Crippen LogP contribution in [0.15, 0.2) is 53.3 Å². The van der Waals surface area contributed by atoms with Crippen LogP contribution in [0.25, 0.3) is 11.3 Å². The van der Waals surface area contributed by atoms with Crippen LogP contribution in [0.2, 0.25) is 5.02 Å². The van der Waals surface area contributed by atoms with E-state index in [1.807, 2.05) is 24.3 Å². The van der Waals surface area contributed by atoms with Gasteiger partial charge in [-0.05, 0) is 49.7 Å². The first kappa shape index (κ1) is 20.1. The summed E-state index contributed by atoms with van der Waals surface area (Å²) in [5.74, 6) is 0.120. The van der Waals surface area contributed by atoms with Crippen LogP contribution in [0.3, 0.4) is 0 Å². The number of hydrogen-bond acceptors (Lipinski definition) is 5. The predicted molar refractivity (Wildman–Crippen MR) is 117 cm³/mol. The second kappa shape index (κ2) is 8.69. The van der Waals surface area contributed by atoms with Gasteiger partial charge in [-0.2, -0.15) is 0 Å². The fourth-order valence-electron chi connectivity index (χ4n) is 3.27. The molecule has 0 aliphatic carbocycles. The van der Waals surface area contributed by atoms with Gasteiger partial charge in [-0.3, -0.25) is 14.6 Å². The predicted octanol–water partition coefficient (Wildman–Crippen LogP) is 4.12. The van der Waals surface area contributed by atoms with Crippen molar-refractivity contribution in [3.63, 3.8) is 0 Å². The average Bonchev–Trinajstić information content (AvgIpc) is 3.27. The summed E-state index contributed by atoms with van der Waals surface area (Å²) in [6, 6.07) is 14.4. The van der Waals surface area contributed by atoms with Crippen molar-refractivity contribution < 1.29 is 9.53 Å². The van der Waals surface area contributed by atoms with E-state index in [0.717, 1.165) is 17.7 Å². The van der Waals surface area contributed by atoms with Crippen molar-refractivity contribution in [2.45, 2.75) is 13.3 Å². The van der Waals surface area contributed by atoms with Gasteiger partial charge in [0.2, 0.25) is 11.9 Å². The molecular weight excluding hydrogens is 404 g/mol. The number of nitrogens with zero attached hydrogens (tertiary/aromatic N) is 1. The van der Waals surface area contributed by atoms with E-state index in [0.29, 0.717) is 41.1 Å². The van der Waals surface area contributed by atoms with E-state index < -0.39 is 0 Å².